The fourth-order valence-electron chi connectivity index (χ4n) is 4.32. The molecule has 1 rings (SSSR count). The zero-order valence-corrected chi connectivity index (χ0v) is 21.4. The number of hydrogen-bond acceptors (Lipinski definition) is 4. The van der Waals surface area contributed by atoms with Gasteiger partial charge in [0.25, 0.3) is 0 Å². The summed E-state index contributed by atoms with van der Waals surface area (Å²) in [5.74, 6) is 0.0412. The van der Waals surface area contributed by atoms with E-state index in [1.54, 1.807) is 0 Å². The summed E-state index contributed by atoms with van der Waals surface area (Å²) >= 11 is 0. The summed E-state index contributed by atoms with van der Waals surface area (Å²) in [6, 6.07) is 7.23. The minimum absolute atomic E-state index is 0.0412. The molecule has 1 aromatic rings. The Bertz CT molecular complexity index is 601. The van der Waals surface area contributed by atoms with Gasteiger partial charge in [0.05, 0.1) is 12.2 Å². The first-order valence-electron chi connectivity index (χ1n) is 13.7. The molecule has 4 N–H and O–H groups in total. The van der Waals surface area contributed by atoms with E-state index in [-0.39, 0.29) is 12.2 Å². The highest BCUT2D eigenvalue weighted by Gasteiger charge is 2.23. The number of aliphatic hydroxyl groups is 2. The van der Waals surface area contributed by atoms with Crippen LogP contribution in [0, 0.1) is 0 Å². The van der Waals surface area contributed by atoms with Gasteiger partial charge in [-0.15, -0.1) is 0 Å². The van der Waals surface area contributed by atoms with Crippen LogP contribution in [0.4, 0.5) is 0 Å². The van der Waals surface area contributed by atoms with Crippen molar-refractivity contribution in [1.82, 2.24) is 0 Å². The first kappa shape index (κ1) is 29.8. The van der Waals surface area contributed by atoms with Gasteiger partial charge in [-0.05, 0) is 31.2 Å². The van der Waals surface area contributed by atoms with E-state index < -0.39 is 18.2 Å². The lowest BCUT2D eigenvalue weighted by Crippen LogP contribution is -2.43. The van der Waals surface area contributed by atoms with Crippen LogP contribution >= 0.6 is 0 Å². The van der Waals surface area contributed by atoms with E-state index in [1.807, 2.05) is 24.3 Å². The topological polar surface area (TPSA) is 83.6 Å². The van der Waals surface area contributed by atoms with Crippen LogP contribution in [0.5, 0.6) is 0 Å². The molecule has 4 nitrogen and oxygen atoms in total. The highest BCUT2D eigenvalue weighted by atomic mass is 16.3. The Labute approximate surface area is 203 Å². The van der Waals surface area contributed by atoms with Crippen LogP contribution in [0.2, 0.25) is 0 Å². The predicted octanol–water partition coefficient (Wildman–Crippen LogP) is 6.74. The van der Waals surface area contributed by atoms with E-state index in [9.17, 15) is 15.0 Å². The summed E-state index contributed by atoms with van der Waals surface area (Å²) in [5.41, 5.74) is 8.04. The Morgan fingerprint density at radius 2 is 1.27 bits per heavy atom. The molecule has 33 heavy (non-hydrogen) atoms. The normalized spacial score (nSPS) is 14.2. The average Bonchev–Trinajstić information content (AvgIpc) is 2.84. The number of Topliss-reactive ketones (excluding diaryl/α,β-unsaturated/α-hetero) is 1. The highest BCUT2D eigenvalue weighted by molar-refractivity contribution is 5.96. The van der Waals surface area contributed by atoms with Crippen molar-refractivity contribution in [3.05, 3.63) is 35.4 Å². The predicted molar refractivity (Wildman–Crippen MR) is 140 cm³/mol. The van der Waals surface area contributed by atoms with Crippen LogP contribution in [0.25, 0.3) is 0 Å². The lowest BCUT2D eigenvalue weighted by atomic mass is 9.95. The van der Waals surface area contributed by atoms with Gasteiger partial charge < -0.3 is 15.9 Å². The van der Waals surface area contributed by atoms with Gasteiger partial charge in [0.2, 0.25) is 0 Å². The Kier molecular flexibility index (Phi) is 17.3. The lowest BCUT2D eigenvalue weighted by Gasteiger charge is -2.23. The lowest BCUT2D eigenvalue weighted by molar-refractivity contribution is -0.00321. The van der Waals surface area contributed by atoms with Crippen molar-refractivity contribution in [3.8, 4) is 0 Å². The molecule has 0 amide bonds. The number of hydrogen-bond donors (Lipinski definition) is 3. The molecular weight excluding hydrogens is 410 g/mol. The van der Waals surface area contributed by atoms with Crippen molar-refractivity contribution < 1.29 is 15.0 Å². The van der Waals surface area contributed by atoms with E-state index in [1.165, 1.54) is 63.4 Å². The molecule has 3 atom stereocenters. The SMILES string of the molecule is CCCCCCCCCCCCC[C@@H](O)[C@@H](O)[C@@H](N)CCC(=O)c1ccc(CCCC)cc1. The molecule has 0 bridgehead atoms. The Morgan fingerprint density at radius 3 is 1.82 bits per heavy atom. The third kappa shape index (κ3) is 13.9. The van der Waals surface area contributed by atoms with Crippen LogP contribution in [-0.4, -0.2) is 34.2 Å². The molecule has 0 saturated heterocycles. The zero-order valence-electron chi connectivity index (χ0n) is 21.4. The van der Waals surface area contributed by atoms with Gasteiger partial charge in [0.1, 0.15) is 0 Å². The molecule has 0 saturated carbocycles. The van der Waals surface area contributed by atoms with Gasteiger partial charge in [-0.1, -0.05) is 115 Å². The van der Waals surface area contributed by atoms with Crippen molar-refractivity contribution >= 4 is 5.78 Å². The number of aliphatic hydroxyl groups excluding tert-OH is 2. The molecule has 0 aliphatic heterocycles. The van der Waals surface area contributed by atoms with Crippen molar-refractivity contribution in [2.45, 2.75) is 141 Å². The second kappa shape index (κ2) is 19.1. The smallest absolute Gasteiger partial charge is 0.162 e. The van der Waals surface area contributed by atoms with Crippen LogP contribution in [-0.2, 0) is 6.42 Å². The van der Waals surface area contributed by atoms with Crippen LogP contribution in [0.1, 0.15) is 133 Å². The zero-order chi connectivity index (χ0) is 24.3. The van der Waals surface area contributed by atoms with Gasteiger partial charge in [0.15, 0.2) is 5.78 Å². The third-order valence-electron chi connectivity index (χ3n) is 6.74. The third-order valence-corrected chi connectivity index (χ3v) is 6.74. The Balaban J connectivity index is 2.14. The van der Waals surface area contributed by atoms with E-state index >= 15 is 0 Å². The standard InChI is InChI=1S/C29H51NO3/c1-3-5-7-8-9-10-11-12-13-14-15-17-28(32)29(33)26(30)22-23-27(31)25-20-18-24(19-21-25)16-6-4-2/h18-21,26,28-29,32-33H,3-17,22-23,30H2,1-2H3/t26-,28+,29-/m0/s1. The first-order chi connectivity index (χ1) is 16.0. The van der Waals surface area contributed by atoms with Crippen molar-refractivity contribution in [1.29, 1.82) is 0 Å². The van der Waals surface area contributed by atoms with E-state index in [2.05, 4.69) is 13.8 Å². The quantitative estimate of drug-likeness (QED) is 0.140. The number of aryl methyl sites for hydroxylation is 1. The fourth-order valence-corrected chi connectivity index (χ4v) is 4.32. The van der Waals surface area contributed by atoms with Gasteiger partial charge in [-0.2, -0.15) is 0 Å². The summed E-state index contributed by atoms with van der Waals surface area (Å²) < 4.78 is 0. The van der Waals surface area contributed by atoms with Gasteiger partial charge in [0, 0.05) is 18.0 Å². The Morgan fingerprint density at radius 1 is 0.758 bits per heavy atom. The summed E-state index contributed by atoms with van der Waals surface area (Å²) in [4.78, 5) is 12.5. The number of nitrogens with two attached hydrogens (primary N) is 1. The minimum Gasteiger partial charge on any atom is -0.390 e. The Hall–Kier alpha value is -1.23. The molecule has 1 aromatic carbocycles. The molecule has 0 aliphatic rings. The van der Waals surface area contributed by atoms with E-state index in [4.69, 9.17) is 5.73 Å². The number of rotatable bonds is 21. The first-order valence-corrected chi connectivity index (χ1v) is 13.7. The molecule has 0 aliphatic carbocycles. The highest BCUT2D eigenvalue weighted by Crippen LogP contribution is 2.16. The maximum absolute atomic E-state index is 12.5. The van der Waals surface area contributed by atoms with E-state index in [0.717, 1.165) is 32.1 Å². The largest absolute Gasteiger partial charge is 0.390 e. The van der Waals surface area contributed by atoms with Gasteiger partial charge in [-0.25, -0.2) is 0 Å². The van der Waals surface area contributed by atoms with E-state index in [0.29, 0.717) is 18.4 Å². The molecule has 0 radical (unpaired) electrons. The maximum atomic E-state index is 12.5. The molecule has 0 heterocycles. The van der Waals surface area contributed by atoms with Crippen molar-refractivity contribution in [3.63, 3.8) is 0 Å². The minimum atomic E-state index is -0.975. The molecule has 190 valence electrons. The average molecular weight is 462 g/mol. The summed E-state index contributed by atoms with van der Waals surface area (Å²) in [7, 11) is 0. The number of benzene rings is 1. The number of ketones is 1. The second-order valence-corrected chi connectivity index (χ2v) is 9.81. The van der Waals surface area contributed by atoms with Crippen molar-refractivity contribution in [2.24, 2.45) is 5.73 Å². The summed E-state index contributed by atoms with van der Waals surface area (Å²) in [6.45, 7) is 4.42. The number of carbonyl (C=O) groups is 1. The second-order valence-electron chi connectivity index (χ2n) is 9.81. The maximum Gasteiger partial charge on any atom is 0.162 e. The van der Waals surface area contributed by atoms with Gasteiger partial charge >= 0.3 is 0 Å². The number of unbranched alkanes of at least 4 members (excludes halogenated alkanes) is 11. The molecule has 0 spiro atoms. The van der Waals surface area contributed by atoms with Crippen LogP contribution in [0.3, 0.4) is 0 Å². The summed E-state index contributed by atoms with van der Waals surface area (Å²) in [6.07, 6.45) is 16.6. The summed E-state index contributed by atoms with van der Waals surface area (Å²) in [5, 5.41) is 20.7. The van der Waals surface area contributed by atoms with Gasteiger partial charge in [-0.3, -0.25) is 4.79 Å². The van der Waals surface area contributed by atoms with Crippen molar-refractivity contribution in [2.75, 3.05) is 0 Å². The molecular formula is C29H51NO3. The molecule has 0 aromatic heterocycles. The monoisotopic (exact) mass is 461 g/mol. The molecule has 0 unspecified atom stereocenters. The molecule has 0 fully saturated rings. The van der Waals surface area contributed by atoms with Crippen LogP contribution in [0.15, 0.2) is 24.3 Å². The van der Waals surface area contributed by atoms with Crippen LogP contribution < -0.4 is 5.73 Å². The fraction of sp³-hybridized carbons (Fsp3) is 0.759. The molecule has 4 heteroatoms. The number of carbonyl (C=O) groups excluding carboxylic acids is 1.